The van der Waals surface area contributed by atoms with Gasteiger partial charge in [-0.3, -0.25) is 4.79 Å². The van der Waals surface area contributed by atoms with Crippen molar-refractivity contribution < 1.29 is 18.0 Å². The number of carbonyl (C=O) groups is 1. The standard InChI is InChI=1S/C12H15F3N2O.ClH/c1-2-16-6-7-17-11(18)9-4-3-5-10(8-9)12(13,14)15;/h3-5,8,16H,2,6-7H2,1H3,(H,17,18);1H. The lowest BCUT2D eigenvalue weighted by Crippen LogP contribution is -2.31. The molecule has 0 saturated heterocycles. The van der Waals surface area contributed by atoms with Gasteiger partial charge in [0.15, 0.2) is 0 Å². The highest BCUT2D eigenvalue weighted by molar-refractivity contribution is 5.94. The van der Waals surface area contributed by atoms with E-state index >= 15 is 0 Å². The maximum atomic E-state index is 12.4. The van der Waals surface area contributed by atoms with E-state index in [0.29, 0.717) is 13.1 Å². The second-order valence-electron chi connectivity index (χ2n) is 3.69. The summed E-state index contributed by atoms with van der Waals surface area (Å²) in [5, 5.41) is 5.54. The van der Waals surface area contributed by atoms with Crippen LogP contribution in [0.15, 0.2) is 24.3 Å². The molecule has 1 aromatic rings. The number of hydrogen-bond acceptors (Lipinski definition) is 2. The van der Waals surface area contributed by atoms with Gasteiger partial charge in [-0.15, -0.1) is 12.4 Å². The molecule has 0 spiro atoms. The number of halogens is 4. The first-order valence-corrected chi connectivity index (χ1v) is 5.61. The van der Waals surface area contributed by atoms with Gasteiger partial charge in [-0.05, 0) is 24.7 Å². The van der Waals surface area contributed by atoms with Crippen molar-refractivity contribution in [2.75, 3.05) is 19.6 Å². The van der Waals surface area contributed by atoms with E-state index in [4.69, 9.17) is 0 Å². The third kappa shape index (κ3) is 5.94. The highest BCUT2D eigenvalue weighted by atomic mass is 35.5. The van der Waals surface area contributed by atoms with Gasteiger partial charge in [0.1, 0.15) is 0 Å². The van der Waals surface area contributed by atoms with Gasteiger partial charge in [0.2, 0.25) is 0 Å². The second-order valence-corrected chi connectivity index (χ2v) is 3.69. The lowest BCUT2D eigenvalue weighted by molar-refractivity contribution is -0.137. The van der Waals surface area contributed by atoms with E-state index in [9.17, 15) is 18.0 Å². The first-order chi connectivity index (χ1) is 8.45. The molecule has 1 rings (SSSR count). The Kier molecular flexibility index (Phi) is 7.48. The van der Waals surface area contributed by atoms with Crippen molar-refractivity contribution in [2.45, 2.75) is 13.1 Å². The average molecular weight is 297 g/mol. The van der Waals surface area contributed by atoms with Crippen LogP contribution in [0.25, 0.3) is 0 Å². The van der Waals surface area contributed by atoms with Crippen LogP contribution < -0.4 is 10.6 Å². The topological polar surface area (TPSA) is 41.1 Å². The molecule has 0 aromatic heterocycles. The van der Waals surface area contributed by atoms with Gasteiger partial charge in [-0.1, -0.05) is 13.0 Å². The van der Waals surface area contributed by atoms with Crippen LogP contribution in [0.2, 0.25) is 0 Å². The van der Waals surface area contributed by atoms with E-state index in [2.05, 4.69) is 10.6 Å². The maximum Gasteiger partial charge on any atom is 0.416 e. The number of nitrogens with one attached hydrogen (secondary N) is 2. The number of carbonyl (C=O) groups excluding carboxylic acids is 1. The maximum absolute atomic E-state index is 12.4. The lowest BCUT2D eigenvalue weighted by atomic mass is 10.1. The Balaban J connectivity index is 0.00000324. The van der Waals surface area contributed by atoms with Gasteiger partial charge in [0.25, 0.3) is 5.91 Å². The molecule has 3 nitrogen and oxygen atoms in total. The van der Waals surface area contributed by atoms with E-state index < -0.39 is 17.6 Å². The zero-order valence-corrected chi connectivity index (χ0v) is 11.2. The van der Waals surface area contributed by atoms with Gasteiger partial charge in [-0.25, -0.2) is 0 Å². The van der Waals surface area contributed by atoms with Gasteiger partial charge in [-0.2, -0.15) is 13.2 Å². The minimum atomic E-state index is -4.43. The quantitative estimate of drug-likeness (QED) is 0.820. The smallest absolute Gasteiger partial charge is 0.351 e. The largest absolute Gasteiger partial charge is 0.416 e. The molecular formula is C12H16ClF3N2O. The number of benzene rings is 1. The monoisotopic (exact) mass is 296 g/mol. The van der Waals surface area contributed by atoms with E-state index in [1.807, 2.05) is 6.92 Å². The Bertz CT molecular complexity index is 410. The summed E-state index contributed by atoms with van der Waals surface area (Å²) < 4.78 is 37.3. The first kappa shape index (κ1) is 17.7. The Morgan fingerprint density at radius 2 is 1.95 bits per heavy atom. The van der Waals surface area contributed by atoms with Crippen LogP contribution >= 0.6 is 12.4 Å². The fourth-order valence-electron chi connectivity index (χ4n) is 1.38. The molecule has 108 valence electrons. The van der Waals surface area contributed by atoms with Crippen molar-refractivity contribution in [1.82, 2.24) is 10.6 Å². The lowest BCUT2D eigenvalue weighted by Gasteiger charge is -2.09. The molecule has 2 N–H and O–H groups in total. The van der Waals surface area contributed by atoms with E-state index in [1.165, 1.54) is 12.1 Å². The molecule has 19 heavy (non-hydrogen) atoms. The number of alkyl halides is 3. The molecule has 0 radical (unpaired) electrons. The van der Waals surface area contributed by atoms with Crippen LogP contribution in [-0.2, 0) is 6.18 Å². The SMILES string of the molecule is CCNCCNC(=O)c1cccc(C(F)(F)F)c1.Cl. The van der Waals surface area contributed by atoms with Crippen LogP contribution in [0.1, 0.15) is 22.8 Å². The molecule has 0 fully saturated rings. The summed E-state index contributed by atoms with van der Waals surface area (Å²) in [6, 6.07) is 4.37. The fraction of sp³-hybridized carbons (Fsp3) is 0.417. The van der Waals surface area contributed by atoms with Crippen LogP contribution in [0.3, 0.4) is 0 Å². The number of hydrogen-bond donors (Lipinski definition) is 2. The molecule has 0 unspecified atom stereocenters. The average Bonchev–Trinajstić information content (AvgIpc) is 2.33. The molecule has 0 aliphatic carbocycles. The summed E-state index contributed by atoms with van der Waals surface area (Å²) in [6.07, 6.45) is -4.43. The number of rotatable bonds is 5. The Morgan fingerprint density at radius 1 is 1.26 bits per heavy atom. The van der Waals surface area contributed by atoms with E-state index in [-0.39, 0.29) is 18.0 Å². The second kappa shape index (κ2) is 8.01. The molecule has 0 aliphatic rings. The third-order valence-electron chi connectivity index (χ3n) is 2.29. The van der Waals surface area contributed by atoms with E-state index in [0.717, 1.165) is 18.7 Å². The predicted molar refractivity (Wildman–Crippen MR) is 69.6 cm³/mol. The minimum Gasteiger partial charge on any atom is -0.351 e. The zero-order valence-electron chi connectivity index (χ0n) is 10.4. The molecule has 0 atom stereocenters. The Morgan fingerprint density at radius 3 is 2.53 bits per heavy atom. The van der Waals surface area contributed by atoms with E-state index in [1.54, 1.807) is 0 Å². The molecule has 0 saturated carbocycles. The number of likely N-dealkylation sites (N-methyl/N-ethyl adjacent to an activating group) is 1. The highest BCUT2D eigenvalue weighted by Gasteiger charge is 2.30. The van der Waals surface area contributed by atoms with Crippen molar-refractivity contribution in [3.05, 3.63) is 35.4 Å². The molecule has 1 aromatic carbocycles. The molecule has 0 bridgehead atoms. The first-order valence-electron chi connectivity index (χ1n) is 5.61. The zero-order chi connectivity index (χ0) is 13.6. The van der Waals surface area contributed by atoms with Crippen molar-refractivity contribution in [3.63, 3.8) is 0 Å². The van der Waals surface area contributed by atoms with Gasteiger partial charge in [0, 0.05) is 18.7 Å². The Labute approximate surface area is 116 Å². The molecule has 0 aliphatic heterocycles. The molecule has 1 amide bonds. The molecule has 0 heterocycles. The predicted octanol–water partition coefficient (Wildman–Crippen LogP) is 2.47. The van der Waals surface area contributed by atoms with Gasteiger partial charge < -0.3 is 10.6 Å². The molecule has 7 heteroatoms. The van der Waals surface area contributed by atoms with Crippen molar-refractivity contribution >= 4 is 18.3 Å². The van der Waals surface area contributed by atoms with Gasteiger partial charge in [0.05, 0.1) is 5.56 Å². The molecular weight excluding hydrogens is 281 g/mol. The van der Waals surface area contributed by atoms with Crippen molar-refractivity contribution in [1.29, 1.82) is 0 Å². The summed E-state index contributed by atoms with van der Waals surface area (Å²) in [5.41, 5.74) is -0.803. The highest BCUT2D eigenvalue weighted by Crippen LogP contribution is 2.29. The van der Waals surface area contributed by atoms with Crippen LogP contribution in [-0.4, -0.2) is 25.5 Å². The van der Waals surface area contributed by atoms with Crippen LogP contribution in [0.5, 0.6) is 0 Å². The third-order valence-corrected chi connectivity index (χ3v) is 2.29. The minimum absolute atomic E-state index is 0. The summed E-state index contributed by atoms with van der Waals surface area (Å²) >= 11 is 0. The summed E-state index contributed by atoms with van der Waals surface area (Å²) in [5.74, 6) is -0.501. The number of amides is 1. The fourth-order valence-corrected chi connectivity index (χ4v) is 1.38. The Hall–Kier alpha value is -1.27. The van der Waals surface area contributed by atoms with Crippen LogP contribution in [0, 0.1) is 0 Å². The van der Waals surface area contributed by atoms with Crippen molar-refractivity contribution in [2.24, 2.45) is 0 Å². The van der Waals surface area contributed by atoms with Crippen molar-refractivity contribution in [3.8, 4) is 0 Å². The summed E-state index contributed by atoms with van der Waals surface area (Å²) in [4.78, 5) is 11.6. The van der Waals surface area contributed by atoms with Crippen LogP contribution in [0.4, 0.5) is 13.2 Å². The normalized spacial score (nSPS) is 10.7. The summed E-state index contributed by atoms with van der Waals surface area (Å²) in [7, 11) is 0. The van der Waals surface area contributed by atoms with Gasteiger partial charge >= 0.3 is 6.18 Å². The summed E-state index contributed by atoms with van der Waals surface area (Å²) in [6.45, 7) is 3.66.